The molecule has 1 aromatic heterocycles. The number of rotatable bonds is 5. The minimum Gasteiger partial charge on any atom is -0.346 e. The first kappa shape index (κ1) is 17.2. The minimum absolute atomic E-state index is 0.0961. The van der Waals surface area contributed by atoms with Crippen LogP contribution in [0, 0.1) is 29.6 Å². The van der Waals surface area contributed by atoms with E-state index in [9.17, 15) is 10.1 Å². The van der Waals surface area contributed by atoms with Crippen LogP contribution in [0.15, 0.2) is 60.3 Å². The largest absolute Gasteiger partial charge is 0.346 e. The number of Topliss-reactive ketones (excluding diaryl/α,β-unsaturated/α-hetero) is 1. The molecule has 1 heterocycles. The Morgan fingerprint density at radius 2 is 1.96 bits per heavy atom. The first-order chi connectivity index (χ1) is 12.6. The van der Waals surface area contributed by atoms with Gasteiger partial charge in [-0.25, -0.2) is 0 Å². The van der Waals surface area contributed by atoms with Crippen LogP contribution in [0.3, 0.4) is 0 Å². The molecule has 0 saturated carbocycles. The van der Waals surface area contributed by atoms with Gasteiger partial charge in [-0.3, -0.25) is 4.79 Å². The molecular weight excluding hydrogens is 322 g/mol. The van der Waals surface area contributed by atoms with Crippen LogP contribution in [0.1, 0.15) is 27.9 Å². The van der Waals surface area contributed by atoms with E-state index < -0.39 is 0 Å². The van der Waals surface area contributed by atoms with Crippen molar-refractivity contribution in [1.82, 2.24) is 4.57 Å². The average molecular weight is 339 g/mol. The van der Waals surface area contributed by atoms with Gasteiger partial charge in [-0.2, -0.15) is 10.5 Å². The summed E-state index contributed by atoms with van der Waals surface area (Å²) in [4.78, 5) is 12.7. The van der Waals surface area contributed by atoms with Crippen molar-refractivity contribution in [3.8, 4) is 12.1 Å². The molecule has 0 saturated heterocycles. The van der Waals surface area contributed by atoms with Crippen molar-refractivity contribution in [2.24, 2.45) is 0 Å². The lowest BCUT2D eigenvalue weighted by Gasteiger charge is -2.01. The first-order valence-electron chi connectivity index (χ1n) is 8.32. The Bertz CT molecular complexity index is 1090. The molecule has 2 aromatic carbocycles. The van der Waals surface area contributed by atoms with Crippen LogP contribution in [-0.4, -0.2) is 10.4 Å². The van der Waals surface area contributed by atoms with Crippen molar-refractivity contribution in [3.05, 3.63) is 77.0 Å². The molecule has 3 rings (SSSR count). The standard InChI is InChI=1S/C22H17N3O/c1-16-6-4-7-17(12-16)22(26)18(14-24)13-19-15-25(11-5-10-23)21-9-3-2-8-20(19)21/h2-4,6-9,12-13,15H,5,11H2,1H3/b18-13+. The highest BCUT2D eigenvalue weighted by molar-refractivity contribution is 6.14. The third kappa shape index (κ3) is 3.41. The van der Waals surface area contributed by atoms with Crippen LogP contribution >= 0.6 is 0 Å². The van der Waals surface area contributed by atoms with E-state index in [0.717, 1.165) is 22.0 Å². The van der Waals surface area contributed by atoms with Gasteiger partial charge in [0.15, 0.2) is 0 Å². The number of ketones is 1. The van der Waals surface area contributed by atoms with E-state index >= 15 is 0 Å². The maximum atomic E-state index is 12.7. The number of para-hydroxylation sites is 1. The maximum Gasteiger partial charge on any atom is 0.203 e. The molecule has 0 amide bonds. The van der Waals surface area contributed by atoms with E-state index in [-0.39, 0.29) is 11.4 Å². The number of hydrogen-bond donors (Lipinski definition) is 0. The van der Waals surface area contributed by atoms with Crippen LogP contribution in [0.25, 0.3) is 17.0 Å². The number of fused-ring (bicyclic) bond motifs is 1. The summed E-state index contributed by atoms with van der Waals surface area (Å²) in [5.41, 5.74) is 3.36. The summed E-state index contributed by atoms with van der Waals surface area (Å²) < 4.78 is 1.98. The molecule has 4 nitrogen and oxygen atoms in total. The van der Waals surface area contributed by atoms with Crippen molar-refractivity contribution >= 4 is 22.8 Å². The van der Waals surface area contributed by atoms with Gasteiger partial charge in [-0.05, 0) is 25.1 Å². The average Bonchev–Trinajstić information content (AvgIpc) is 3.01. The number of benzene rings is 2. The van der Waals surface area contributed by atoms with Crippen LogP contribution in [0.2, 0.25) is 0 Å². The minimum atomic E-state index is -0.287. The van der Waals surface area contributed by atoms with Gasteiger partial charge >= 0.3 is 0 Å². The lowest BCUT2D eigenvalue weighted by Crippen LogP contribution is -2.02. The molecule has 126 valence electrons. The fourth-order valence-electron chi connectivity index (χ4n) is 2.99. The van der Waals surface area contributed by atoms with Crippen molar-refractivity contribution < 1.29 is 4.79 Å². The number of aryl methyl sites for hydroxylation is 2. The van der Waals surface area contributed by atoms with Gasteiger partial charge in [0.25, 0.3) is 0 Å². The quantitative estimate of drug-likeness (QED) is 0.386. The fourth-order valence-corrected chi connectivity index (χ4v) is 2.99. The second-order valence-corrected chi connectivity index (χ2v) is 6.07. The number of allylic oxidation sites excluding steroid dienone is 1. The molecular formula is C22H17N3O. The predicted molar refractivity (Wildman–Crippen MR) is 101 cm³/mol. The number of carbonyl (C=O) groups excluding carboxylic acids is 1. The van der Waals surface area contributed by atoms with Gasteiger partial charge < -0.3 is 4.57 Å². The van der Waals surface area contributed by atoms with E-state index in [1.165, 1.54) is 0 Å². The maximum absolute atomic E-state index is 12.7. The van der Waals surface area contributed by atoms with Gasteiger partial charge in [0, 0.05) is 34.8 Å². The van der Waals surface area contributed by atoms with Crippen LogP contribution in [0.5, 0.6) is 0 Å². The second-order valence-electron chi connectivity index (χ2n) is 6.07. The predicted octanol–water partition coefficient (Wildman–Crippen LogP) is 4.65. The molecule has 0 aliphatic rings. The summed E-state index contributed by atoms with van der Waals surface area (Å²) >= 11 is 0. The highest BCUT2D eigenvalue weighted by atomic mass is 16.1. The van der Waals surface area contributed by atoms with Gasteiger partial charge in [0.2, 0.25) is 5.78 Å². The molecule has 0 fully saturated rings. The molecule has 0 bridgehead atoms. The highest BCUT2D eigenvalue weighted by Gasteiger charge is 2.14. The lowest BCUT2D eigenvalue weighted by molar-refractivity contribution is 0.104. The van der Waals surface area contributed by atoms with E-state index in [1.807, 2.05) is 60.2 Å². The van der Waals surface area contributed by atoms with E-state index in [2.05, 4.69) is 6.07 Å². The zero-order valence-electron chi connectivity index (χ0n) is 14.4. The van der Waals surface area contributed by atoms with Crippen molar-refractivity contribution in [3.63, 3.8) is 0 Å². The lowest BCUT2D eigenvalue weighted by atomic mass is 10.0. The molecule has 0 atom stereocenters. The van der Waals surface area contributed by atoms with Crippen LogP contribution < -0.4 is 0 Å². The smallest absolute Gasteiger partial charge is 0.203 e. The second kappa shape index (κ2) is 7.51. The first-order valence-corrected chi connectivity index (χ1v) is 8.32. The summed E-state index contributed by atoms with van der Waals surface area (Å²) in [6.07, 6.45) is 3.92. The Hall–Kier alpha value is -3.63. The third-order valence-electron chi connectivity index (χ3n) is 4.23. The molecule has 0 aliphatic carbocycles. The third-order valence-corrected chi connectivity index (χ3v) is 4.23. The number of aromatic nitrogens is 1. The SMILES string of the molecule is Cc1cccc(C(=O)/C(C#N)=C/c2cn(CCC#N)c3ccccc23)c1. The molecule has 0 spiro atoms. The number of nitrogens with zero attached hydrogens (tertiary/aromatic N) is 3. The fraction of sp³-hybridized carbons (Fsp3) is 0.136. The molecule has 4 heteroatoms. The molecule has 26 heavy (non-hydrogen) atoms. The summed E-state index contributed by atoms with van der Waals surface area (Å²) in [6, 6.07) is 19.2. The zero-order chi connectivity index (χ0) is 18.5. The number of hydrogen-bond acceptors (Lipinski definition) is 3. The zero-order valence-corrected chi connectivity index (χ0v) is 14.4. The Morgan fingerprint density at radius 1 is 1.15 bits per heavy atom. The Balaban J connectivity index is 2.06. The molecule has 0 aliphatic heterocycles. The van der Waals surface area contributed by atoms with E-state index in [4.69, 9.17) is 5.26 Å². The van der Waals surface area contributed by atoms with Gasteiger partial charge in [-0.1, -0.05) is 42.0 Å². The van der Waals surface area contributed by atoms with E-state index in [1.54, 1.807) is 18.2 Å². The summed E-state index contributed by atoms with van der Waals surface area (Å²) in [7, 11) is 0. The van der Waals surface area contributed by atoms with E-state index in [0.29, 0.717) is 18.5 Å². The monoisotopic (exact) mass is 339 g/mol. The van der Waals surface area contributed by atoms with Crippen molar-refractivity contribution in [2.45, 2.75) is 19.9 Å². The molecule has 0 unspecified atom stereocenters. The Morgan fingerprint density at radius 3 is 2.69 bits per heavy atom. The van der Waals surface area contributed by atoms with Crippen molar-refractivity contribution in [2.75, 3.05) is 0 Å². The summed E-state index contributed by atoms with van der Waals surface area (Å²) in [5.74, 6) is -0.287. The Kier molecular flexibility index (Phi) is 4.97. The van der Waals surface area contributed by atoms with Gasteiger partial charge in [-0.15, -0.1) is 0 Å². The number of nitriles is 2. The van der Waals surface area contributed by atoms with Gasteiger partial charge in [0.1, 0.15) is 11.6 Å². The van der Waals surface area contributed by atoms with Crippen LogP contribution in [0.4, 0.5) is 0 Å². The Labute approximate surface area is 152 Å². The molecule has 3 aromatic rings. The molecule has 0 N–H and O–H groups in total. The summed E-state index contributed by atoms with van der Waals surface area (Å²) in [5, 5.41) is 19.3. The van der Waals surface area contributed by atoms with Crippen LogP contribution in [-0.2, 0) is 6.54 Å². The molecule has 0 radical (unpaired) electrons. The highest BCUT2D eigenvalue weighted by Crippen LogP contribution is 2.24. The van der Waals surface area contributed by atoms with Gasteiger partial charge in [0.05, 0.1) is 12.5 Å². The van der Waals surface area contributed by atoms with Crippen molar-refractivity contribution in [1.29, 1.82) is 10.5 Å². The number of carbonyl (C=O) groups is 1. The topological polar surface area (TPSA) is 69.6 Å². The normalized spacial score (nSPS) is 11.1. The summed E-state index contributed by atoms with van der Waals surface area (Å²) in [6.45, 7) is 2.48.